The molecule has 11 rings (SSSR count). The van der Waals surface area contributed by atoms with Gasteiger partial charge >= 0.3 is 0 Å². The molecule has 4 aliphatic carbocycles. The average Bonchev–Trinajstić information content (AvgIpc) is 3.82. The summed E-state index contributed by atoms with van der Waals surface area (Å²) in [5, 5.41) is 0. The second kappa shape index (κ2) is 13.2. The van der Waals surface area contributed by atoms with Gasteiger partial charge in [0, 0.05) is 22.2 Å². The van der Waals surface area contributed by atoms with E-state index in [0.717, 1.165) is 18.5 Å². The number of allylic oxidation sites excluding steroid dienone is 4. The van der Waals surface area contributed by atoms with E-state index in [0.29, 0.717) is 0 Å². The van der Waals surface area contributed by atoms with Gasteiger partial charge in [-0.1, -0.05) is 195 Å². The van der Waals surface area contributed by atoms with E-state index in [-0.39, 0.29) is 16.2 Å². The molecular weight excluding hydrogens is 735 g/mol. The highest BCUT2D eigenvalue weighted by Gasteiger charge is 2.55. The zero-order valence-electron chi connectivity index (χ0n) is 36.9. The van der Waals surface area contributed by atoms with Crippen LogP contribution in [0.3, 0.4) is 0 Å². The van der Waals surface area contributed by atoms with Crippen molar-refractivity contribution in [3.63, 3.8) is 0 Å². The first-order valence-electron chi connectivity index (χ1n) is 22.3. The lowest BCUT2D eigenvalue weighted by molar-refractivity contribution is 0.586. The van der Waals surface area contributed by atoms with Crippen LogP contribution in [-0.2, 0) is 21.7 Å². The molecule has 1 heteroatoms. The normalized spacial score (nSPS) is 16.2. The van der Waals surface area contributed by atoms with Crippen LogP contribution in [0.25, 0.3) is 39.0 Å². The molecule has 0 unspecified atom stereocenters. The van der Waals surface area contributed by atoms with Crippen LogP contribution in [0, 0.1) is 0 Å². The first-order valence-corrected chi connectivity index (χ1v) is 22.3. The second-order valence-electron chi connectivity index (χ2n) is 20.4. The SMILES string of the molecule is CC(C)(C)c1ccc2c(c1)C1(C3=CCCC=C3c3c(N(c4ccc(-c5ccccc5)cc4)c4cccc5c4-c4ccccc4C5(C)C)cccc31)c1cc(C(C)(C)C)ccc1-2. The zero-order chi connectivity index (χ0) is 42.1. The molecule has 0 aromatic heterocycles. The molecular formula is C60H55N. The number of hydrogen-bond acceptors (Lipinski definition) is 1. The molecule has 300 valence electrons. The summed E-state index contributed by atoms with van der Waals surface area (Å²) in [6.07, 6.45) is 7.23. The van der Waals surface area contributed by atoms with Gasteiger partial charge in [0.2, 0.25) is 0 Å². The van der Waals surface area contributed by atoms with Gasteiger partial charge < -0.3 is 4.90 Å². The van der Waals surface area contributed by atoms with Crippen molar-refractivity contribution in [1.29, 1.82) is 0 Å². The largest absolute Gasteiger partial charge is 0.309 e. The fourth-order valence-electron chi connectivity index (χ4n) is 11.3. The molecule has 4 aliphatic rings. The molecule has 7 aromatic carbocycles. The van der Waals surface area contributed by atoms with Gasteiger partial charge in [0.05, 0.1) is 16.8 Å². The maximum atomic E-state index is 2.60. The van der Waals surface area contributed by atoms with Crippen molar-refractivity contribution in [2.24, 2.45) is 0 Å². The lowest BCUT2D eigenvalue weighted by atomic mass is 9.68. The third kappa shape index (κ3) is 5.39. The number of hydrogen-bond donors (Lipinski definition) is 0. The third-order valence-corrected chi connectivity index (χ3v) is 14.4. The summed E-state index contributed by atoms with van der Waals surface area (Å²) in [4.78, 5) is 2.60. The Labute approximate surface area is 363 Å². The van der Waals surface area contributed by atoms with E-state index < -0.39 is 5.41 Å². The first kappa shape index (κ1) is 37.8. The van der Waals surface area contributed by atoms with Gasteiger partial charge in [0.15, 0.2) is 0 Å². The summed E-state index contributed by atoms with van der Waals surface area (Å²) in [6.45, 7) is 18.9. The second-order valence-corrected chi connectivity index (χ2v) is 20.4. The molecule has 0 amide bonds. The Morgan fingerprint density at radius 2 is 0.984 bits per heavy atom. The molecule has 61 heavy (non-hydrogen) atoms. The van der Waals surface area contributed by atoms with E-state index in [1.807, 2.05) is 0 Å². The van der Waals surface area contributed by atoms with Gasteiger partial charge in [-0.15, -0.1) is 0 Å². The maximum Gasteiger partial charge on any atom is 0.0723 e. The van der Waals surface area contributed by atoms with Gasteiger partial charge in [0.1, 0.15) is 0 Å². The number of fused-ring (bicyclic) bond motifs is 13. The summed E-state index contributed by atoms with van der Waals surface area (Å²) >= 11 is 0. The molecule has 0 fully saturated rings. The Morgan fingerprint density at radius 1 is 0.443 bits per heavy atom. The maximum absolute atomic E-state index is 2.60. The summed E-state index contributed by atoms with van der Waals surface area (Å²) in [5.74, 6) is 0. The van der Waals surface area contributed by atoms with Crippen molar-refractivity contribution in [2.75, 3.05) is 4.90 Å². The lowest BCUT2D eigenvalue weighted by Gasteiger charge is -2.34. The van der Waals surface area contributed by atoms with Gasteiger partial charge in [0.25, 0.3) is 0 Å². The molecule has 0 atom stereocenters. The van der Waals surface area contributed by atoms with Crippen molar-refractivity contribution < 1.29 is 0 Å². The summed E-state index contributed by atoms with van der Waals surface area (Å²) in [6, 6.07) is 58.1. The van der Waals surface area contributed by atoms with E-state index in [4.69, 9.17) is 0 Å². The average molecular weight is 790 g/mol. The zero-order valence-corrected chi connectivity index (χ0v) is 36.9. The van der Waals surface area contributed by atoms with Crippen molar-refractivity contribution in [1.82, 2.24) is 0 Å². The van der Waals surface area contributed by atoms with E-state index in [1.165, 1.54) is 100 Å². The highest BCUT2D eigenvalue weighted by molar-refractivity contribution is 6.06. The summed E-state index contributed by atoms with van der Waals surface area (Å²) in [5.41, 5.74) is 24.8. The smallest absolute Gasteiger partial charge is 0.0723 e. The number of nitrogens with zero attached hydrogens (tertiary/aromatic N) is 1. The van der Waals surface area contributed by atoms with Crippen molar-refractivity contribution in [3.8, 4) is 33.4 Å². The molecule has 1 spiro atoms. The Kier molecular flexibility index (Phi) is 8.15. The Hall–Kier alpha value is -6.18. The highest BCUT2D eigenvalue weighted by Crippen LogP contribution is 2.67. The quantitative estimate of drug-likeness (QED) is 0.172. The van der Waals surface area contributed by atoms with Crippen molar-refractivity contribution in [2.45, 2.75) is 89.9 Å². The van der Waals surface area contributed by atoms with E-state index in [2.05, 4.69) is 224 Å². The predicted octanol–water partition coefficient (Wildman–Crippen LogP) is 16.2. The van der Waals surface area contributed by atoms with Crippen LogP contribution in [0.1, 0.15) is 113 Å². The molecule has 0 saturated carbocycles. The molecule has 7 aromatic rings. The Bertz CT molecular complexity index is 2930. The molecule has 0 N–H and O–H groups in total. The van der Waals surface area contributed by atoms with Crippen LogP contribution in [0.4, 0.5) is 17.1 Å². The minimum atomic E-state index is -0.444. The molecule has 0 radical (unpaired) electrons. The van der Waals surface area contributed by atoms with Gasteiger partial charge in [-0.25, -0.2) is 0 Å². The highest BCUT2D eigenvalue weighted by atomic mass is 15.1. The van der Waals surface area contributed by atoms with Gasteiger partial charge in [-0.05, 0) is 126 Å². The number of benzene rings is 7. The molecule has 1 nitrogen and oxygen atoms in total. The summed E-state index contributed by atoms with van der Waals surface area (Å²) < 4.78 is 0. The standard InChI is InChI=1S/C60H55N/c1-57(2,3)40-30-34-43-44-35-31-41(58(4,5)6)37-52(44)60(51(43)36-40)48-23-15-13-21-46(48)56-50(60)25-17-27-54(56)61(42-32-28-39(29-33-42)38-18-10-9-11-19-38)53-26-16-24-49-55(53)45-20-12-14-22-47(45)59(49,7)8/h9-12,14,16-37H,13,15H2,1-8H3. The van der Waals surface area contributed by atoms with Crippen LogP contribution in [-0.4, -0.2) is 0 Å². The van der Waals surface area contributed by atoms with Crippen LogP contribution in [0.15, 0.2) is 169 Å². The number of rotatable bonds is 4. The predicted molar refractivity (Wildman–Crippen MR) is 259 cm³/mol. The topological polar surface area (TPSA) is 3.24 Å². The van der Waals surface area contributed by atoms with E-state index in [9.17, 15) is 0 Å². The van der Waals surface area contributed by atoms with Crippen LogP contribution in [0.5, 0.6) is 0 Å². The Balaban J connectivity index is 1.23. The fraction of sp³-hybridized carbons (Fsp3) is 0.233. The van der Waals surface area contributed by atoms with Crippen molar-refractivity contribution in [3.05, 3.63) is 214 Å². The Morgan fingerprint density at radius 3 is 1.62 bits per heavy atom. The summed E-state index contributed by atoms with van der Waals surface area (Å²) in [7, 11) is 0. The third-order valence-electron chi connectivity index (χ3n) is 14.4. The monoisotopic (exact) mass is 789 g/mol. The minimum absolute atomic E-state index is 0.00489. The van der Waals surface area contributed by atoms with Gasteiger partial charge in [-0.3, -0.25) is 0 Å². The minimum Gasteiger partial charge on any atom is -0.309 e. The van der Waals surface area contributed by atoms with Crippen LogP contribution >= 0.6 is 0 Å². The van der Waals surface area contributed by atoms with Crippen LogP contribution in [0.2, 0.25) is 0 Å². The van der Waals surface area contributed by atoms with E-state index >= 15 is 0 Å². The lowest BCUT2D eigenvalue weighted by Crippen LogP contribution is -2.28. The van der Waals surface area contributed by atoms with E-state index in [1.54, 1.807) is 0 Å². The fourth-order valence-corrected chi connectivity index (χ4v) is 11.3. The first-order chi connectivity index (χ1) is 29.3. The molecule has 0 aliphatic heterocycles. The molecule has 0 heterocycles. The molecule has 0 saturated heterocycles. The number of anilines is 3. The van der Waals surface area contributed by atoms with Crippen molar-refractivity contribution >= 4 is 22.6 Å². The molecule has 0 bridgehead atoms. The van der Waals surface area contributed by atoms with Crippen LogP contribution < -0.4 is 4.90 Å². The van der Waals surface area contributed by atoms with Gasteiger partial charge in [-0.2, -0.15) is 0 Å².